The zero-order valence-corrected chi connectivity index (χ0v) is 12.3. The molecule has 2 rings (SSSR count). The summed E-state index contributed by atoms with van der Waals surface area (Å²) in [5.74, 6) is 0.0839. The van der Waals surface area contributed by atoms with E-state index in [-0.39, 0.29) is 11.3 Å². The molecule has 8 heteroatoms. The Bertz CT molecular complexity index is 617. The number of benzene rings is 1. The van der Waals surface area contributed by atoms with Crippen LogP contribution < -0.4 is 15.9 Å². The summed E-state index contributed by atoms with van der Waals surface area (Å²) in [4.78, 5) is 3.96. The second kappa shape index (κ2) is 5.98. The van der Waals surface area contributed by atoms with Gasteiger partial charge in [-0.2, -0.15) is 5.10 Å². The van der Waals surface area contributed by atoms with E-state index in [9.17, 15) is 4.39 Å². The van der Waals surface area contributed by atoms with E-state index in [4.69, 9.17) is 10.5 Å². The normalized spacial score (nSPS) is 10.9. The number of hydrazone groups is 1. The first-order chi connectivity index (χ1) is 9.11. The van der Waals surface area contributed by atoms with E-state index in [0.29, 0.717) is 15.4 Å². The SMILES string of the molecule is COc1ccc(Br)c(C=NNc2nc(N)cs2)c1F. The largest absolute Gasteiger partial charge is 0.494 e. The number of nitrogens with one attached hydrogen (secondary N) is 1. The van der Waals surface area contributed by atoms with Gasteiger partial charge < -0.3 is 10.5 Å². The van der Waals surface area contributed by atoms with Crippen LogP contribution in [-0.4, -0.2) is 18.3 Å². The van der Waals surface area contributed by atoms with Gasteiger partial charge >= 0.3 is 0 Å². The monoisotopic (exact) mass is 344 g/mol. The molecule has 0 aliphatic rings. The van der Waals surface area contributed by atoms with Crippen LogP contribution in [0.2, 0.25) is 0 Å². The number of thiazole rings is 1. The Morgan fingerprint density at radius 1 is 1.58 bits per heavy atom. The average Bonchev–Trinajstić information content (AvgIpc) is 2.79. The van der Waals surface area contributed by atoms with Crippen LogP contribution >= 0.6 is 27.3 Å². The number of ether oxygens (including phenoxy) is 1. The van der Waals surface area contributed by atoms with Crippen molar-refractivity contribution in [1.29, 1.82) is 0 Å². The van der Waals surface area contributed by atoms with Crippen LogP contribution in [0.4, 0.5) is 15.3 Å². The summed E-state index contributed by atoms with van der Waals surface area (Å²) in [6, 6.07) is 3.22. The molecular formula is C11H10BrFN4OS. The molecule has 0 spiro atoms. The first-order valence-corrected chi connectivity index (χ1v) is 6.81. The third-order valence-electron chi connectivity index (χ3n) is 2.19. The summed E-state index contributed by atoms with van der Waals surface area (Å²) in [6.45, 7) is 0. The Kier molecular flexibility index (Phi) is 4.33. The molecular weight excluding hydrogens is 335 g/mol. The molecule has 0 radical (unpaired) electrons. The van der Waals surface area contributed by atoms with Crippen LogP contribution in [0.15, 0.2) is 27.1 Å². The number of methoxy groups -OCH3 is 1. The highest BCUT2D eigenvalue weighted by Gasteiger charge is 2.10. The maximum absolute atomic E-state index is 14.0. The van der Waals surface area contributed by atoms with Crippen molar-refractivity contribution < 1.29 is 9.13 Å². The highest BCUT2D eigenvalue weighted by molar-refractivity contribution is 9.10. The van der Waals surface area contributed by atoms with Crippen LogP contribution in [-0.2, 0) is 0 Å². The van der Waals surface area contributed by atoms with E-state index in [1.807, 2.05) is 0 Å². The van der Waals surface area contributed by atoms with Gasteiger partial charge in [-0.25, -0.2) is 9.37 Å². The van der Waals surface area contributed by atoms with Crippen molar-refractivity contribution in [2.75, 3.05) is 18.3 Å². The van der Waals surface area contributed by atoms with Crippen molar-refractivity contribution in [2.45, 2.75) is 0 Å². The van der Waals surface area contributed by atoms with Crippen molar-refractivity contribution >= 4 is 44.4 Å². The molecule has 19 heavy (non-hydrogen) atoms. The second-order valence-corrected chi connectivity index (χ2v) is 5.14. The zero-order valence-electron chi connectivity index (χ0n) is 9.85. The van der Waals surface area contributed by atoms with E-state index in [2.05, 4.69) is 31.4 Å². The van der Waals surface area contributed by atoms with Gasteiger partial charge in [-0.05, 0) is 12.1 Å². The van der Waals surface area contributed by atoms with Crippen molar-refractivity contribution in [3.05, 3.63) is 33.4 Å². The number of nitrogen functional groups attached to an aromatic ring is 1. The predicted octanol–water partition coefficient (Wildman–Crippen LogP) is 3.08. The number of nitrogens with zero attached hydrogens (tertiary/aromatic N) is 2. The molecule has 0 amide bonds. The molecule has 5 nitrogen and oxygen atoms in total. The Labute approximate surface area is 121 Å². The Morgan fingerprint density at radius 2 is 2.37 bits per heavy atom. The fourth-order valence-corrected chi connectivity index (χ4v) is 2.27. The van der Waals surface area contributed by atoms with Gasteiger partial charge in [0.2, 0.25) is 5.13 Å². The van der Waals surface area contributed by atoms with E-state index in [1.165, 1.54) is 30.7 Å². The summed E-state index contributed by atoms with van der Waals surface area (Å²) in [5.41, 5.74) is 8.43. The number of nitrogens with two attached hydrogens (primary N) is 1. The molecule has 1 heterocycles. The zero-order chi connectivity index (χ0) is 13.8. The van der Waals surface area contributed by atoms with Gasteiger partial charge in [0, 0.05) is 15.4 Å². The molecule has 0 aliphatic carbocycles. The first-order valence-electron chi connectivity index (χ1n) is 5.14. The van der Waals surface area contributed by atoms with Crippen LogP contribution in [0.5, 0.6) is 5.75 Å². The highest BCUT2D eigenvalue weighted by atomic mass is 79.9. The van der Waals surface area contributed by atoms with E-state index < -0.39 is 5.82 Å². The van der Waals surface area contributed by atoms with Crippen molar-refractivity contribution in [3.8, 4) is 5.75 Å². The maximum atomic E-state index is 14.0. The van der Waals surface area contributed by atoms with E-state index in [1.54, 1.807) is 11.4 Å². The van der Waals surface area contributed by atoms with E-state index in [0.717, 1.165) is 0 Å². The number of hydrogen-bond acceptors (Lipinski definition) is 6. The highest BCUT2D eigenvalue weighted by Crippen LogP contribution is 2.26. The molecule has 0 saturated heterocycles. The quantitative estimate of drug-likeness (QED) is 0.660. The third-order valence-corrected chi connectivity index (χ3v) is 3.64. The topological polar surface area (TPSA) is 72.5 Å². The van der Waals surface area contributed by atoms with Crippen molar-refractivity contribution in [3.63, 3.8) is 0 Å². The minimum Gasteiger partial charge on any atom is -0.494 e. The van der Waals surface area contributed by atoms with Crippen LogP contribution in [0.3, 0.4) is 0 Å². The van der Waals surface area contributed by atoms with Gasteiger partial charge in [-0.1, -0.05) is 15.9 Å². The average molecular weight is 345 g/mol. The number of hydrogen-bond donors (Lipinski definition) is 2. The third kappa shape index (κ3) is 3.21. The minimum absolute atomic E-state index is 0.156. The molecule has 0 saturated carbocycles. The lowest BCUT2D eigenvalue weighted by Crippen LogP contribution is -1.97. The fraction of sp³-hybridized carbons (Fsp3) is 0.0909. The molecule has 0 aliphatic heterocycles. The van der Waals surface area contributed by atoms with E-state index >= 15 is 0 Å². The lowest BCUT2D eigenvalue weighted by Gasteiger charge is -2.05. The summed E-state index contributed by atoms with van der Waals surface area (Å²) in [7, 11) is 1.41. The fourth-order valence-electron chi connectivity index (χ4n) is 1.31. The van der Waals surface area contributed by atoms with Crippen LogP contribution in [0.25, 0.3) is 0 Å². The number of halogens is 2. The molecule has 1 aromatic heterocycles. The van der Waals surface area contributed by atoms with Gasteiger partial charge in [-0.15, -0.1) is 11.3 Å². The summed E-state index contributed by atoms with van der Waals surface area (Å²) in [6.07, 6.45) is 1.35. The van der Waals surface area contributed by atoms with Gasteiger partial charge in [0.1, 0.15) is 5.82 Å². The minimum atomic E-state index is -0.485. The first kappa shape index (κ1) is 13.8. The van der Waals surface area contributed by atoms with Gasteiger partial charge in [0.05, 0.1) is 13.3 Å². The predicted molar refractivity (Wildman–Crippen MR) is 78.4 cm³/mol. The van der Waals surface area contributed by atoms with Crippen molar-refractivity contribution in [1.82, 2.24) is 4.98 Å². The molecule has 0 atom stereocenters. The number of anilines is 2. The van der Waals surface area contributed by atoms with Crippen LogP contribution in [0, 0.1) is 5.82 Å². The van der Waals surface area contributed by atoms with Gasteiger partial charge in [-0.3, -0.25) is 5.43 Å². The van der Waals surface area contributed by atoms with Crippen LogP contribution in [0.1, 0.15) is 5.56 Å². The standard InChI is InChI=1S/C11H10BrFN4OS/c1-18-8-3-2-7(12)6(10(8)13)4-15-17-11-16-9(14)5-19-11/h2-5H,14H2,1H3,(H,16,17). The molecule has 100 valence electrons. The lowest BCUT2D eigenvalue weighted by molar-refractivity contribution is 0.386. The maximum Gasteiger partial charge on any atom is 0.205 e. The molecule has 3 N–H and O–H groups in total. The second-order valence-electron chi connectivity index (χ2n) is 3.42. The lowest BCUT2D eigenvalue weighted by atomic mass is 10.2. The molecule has 0 unspecified atom stereocenters. The number of rotatable bonds is 4. The van der Waals surface area contributed by atoms with Crippen molar-refractivity contribution in [2.24, 2.45) is 5.10 Å². The number of aromatic nitrogens is 1. The Morgan fingerprint density at radius 3 is 3.00 bits per heavy atom. The molecule has 0 bridgehead atoms. The summed E-state index contributed by atoms with van der Waals surface area (Å²) < 4.78 is 19.4. The summed E-state index contributed by atoms with van der Waals surface area (Å²) >= 11 is 4.56. The molecule has 0 fully saturated rings. The van der Waals surface area contributed by atoms with Gasteiger partial charge in [0.15, 0.2) is 11.6 Å². The summed E-state index contributed by atoms with van der Waals surface area (Å²) in [5, 5.41) is 6.13. The van der Waals surface area contributed by atoms with Gasteiger partial charge in [0.25, 0.3) is 0 Å². The smallest absolute Gasteiger partial charge is 0.205 e. The molecule has 1 aromatic carbocycles. The Balaban J connectivity index is 2.18. The Hall–Kier alpha value is -1.67. The molecule has 2 aromatic rings.